The Morgan fingerprint density at radius 3 is 2.19 bits per heavy atom. The smallest absolute Gasteiger partial charge is 0.261 e. The van der Waals surface area contributed by atoms with E-state index in [1.165, 1.54) is 5.56 Å². The van der Waals surface area contributed by atoms with Gasteiger partial charge in [0, 0.05) is 24.5 Å². The fourth-order valence-corrected chi connectivity index (χ4v) is 4.01. The van der Waals surface area contributed by atoms with E-state index >= 15 is 0 Å². The lowest BCUT2D eigenvalue weighted by molar-refractivity contribution is -0.142. The molecule has 0 aromatic heterocycles. The first-order valence-corrected chi connectivity index (χ1v) is 12.8. The van der Waals surface area contributed by atoms with Crippen molar-refractivity contribution in [2.24, 2.45) is 0 Å². The summed E-state index contributed by atoms with van der Waals surface area (Å²) in [5, 5.41) is 3.60. The Bertz CT molecular complexity index is 1100. The SMILES string of the molecule is CCCNC(=O)[C@@H](Cc1ccccc1)N(Cc1ccc(Cl)cc1)C(=O)COc1ccc(C(C)C)cc1. The van der Waals surface area contributed by atoms with Crippen LogP contribution in [0.5, 0.6) is 5.75 Å². The summed E-state index contributed by atoms with van der Waals surface area (Å²) >= 11 is 6.07. The third kappa shape index (κ3) is 8.13. The van der Waals surface area contributed by atoms with Gasteiger partial charge < -0.3 is 15.0 Å². The zero-order chi connectivity index (χ0) is 25.9. The van der Waals surface area contributed by atoms with E-state index < -0.39 is 6.04 Å². The van der Waals surface area contributed by atoms with Crippen LogP contribution < -0.4 is 10.1 Å². The minimum absolute atomic E-state index is 0.166. The summed E-state index contributed by atoms with van der Waals surface area (Å²) in [6, 6.07) is 24.1. The number of benzene rings is 3. The normalized spacial score (nSPS) is 11.7. The molecule has 190 valence electrons. The van der Waals surface area contributed by atoms with Gasteiger partial charge in [0.25, 0.3) is 5.91 Å². The van der Waals surface area contributed by atoms with Gasteiger partial charge in [0.15, 0.2) is 6.61 Å². The fraction of sp³-hybridized carbons (Fsp3) is 0.333. The lowest BCUT2D eigenvalue weighted by Crippen LogP contribution is -2.51. The molecule has 0 heterocycles. The molecule has 0 aliphatic heterocycles. The first-order valence-electron chi connectivity index (χ1n) is 12.5. The number of carbonyl (C=O) groups excluding carboxylic acids is 2. The van der Waals surface area contributed by atoms with Gasteiger partial charge in [-0.25, -0.2) is 0 Å². The highest BCUT2D eigenvalue weighted by molar-refractivity contribution is 6.30. The minimum atomic E-state index is -0.686. The van der Waals surface area contributed by atoms with Crippen LogP contribution in [-0.2, 0) is 22.6 Å². The fourth-order valence-electron chi connectivity index (χ4n) is 3.88. The van der Waals surface area contributed by atoms with Gasteiger partial charge in [-0.15, -0.1) is 0 Å². The quantitative estimate of drug-likeness (QED) is 0.327. The van der Waals surface area contributed by atoms with Crippen LogP contribution in [0.25, 0.3) is 0 Å². The van der Waals surface area contributed by atoms with E-state index in [0.717, 1.165) is 17.5 Å². The molecule has 0 bridgehead atoms. The summed E-state index contributed by atoms with van der Waals surface area (Å²) in [5.74, 6) is 0.597. The van der Waals surface area contributed by atoms with Gasteiger partial charge in [0.1, 0.15) is 11.8 Å². The first-order chi connectivity index (χ1) is 17.4. The van der Waals surface area contributed by atoms with E-state index in [-0.39, 0.29) is 25.0 Å². The molecule has 0 saturated carbocycles. The van der Waals surface area contributed by atoms with Crippen LogP contribution >= 0.6 is 11.6 Å². The highest BCUT2D eigenvalue weighted by atomic mass is 35.5. The first kappa shape index (κ1) is 27.3. The molecule has 1 N–H and O–H groups in total. The second kappa shape index (κ2) is 13.7. The Labute approximate surface area is 219 Å². The summed E-state index contributed by atoms with van der Waals surface area (Å²) in [6.07, 6.45) is 1.21. The Morgan fingerprint density at radius 2 is 1.58 bits per heavy atom. The van der Waals surface area contributed by atoms with Gasteiger partial charge in [0.2, 0.25) is 5.91 Å². The largest absolute Gasteiger partial charge is 0.484 e. The van der Waals surface area contributed by atoms with Gasteiger partial charge in [-0.1, -0.05) is 87.0 Å². The molecular weight excluding hydrogens is 472 g/mol. The number of nitrogens with zero attached hydrogens (tertiary/aromatic N) is 1. The third-order valence-corrected chi connectivity index (χ3v) is 6.25. The lowest BCUT2D eigenvalue weighted by atomic mass is 10.0. The van der Waals surface area contributed by atoms with Gasteiger partial charge in [-0.2, -0.15) is 0 Å². The summed E-state index contributed by atoms with van der Waals surface area (Å²) < 4.78 is 5.86. The average molecular weight is 507 g/mol. The molecule has 0 spiro atoms. The predicted molar refractivity (Wildman–Crippen MR) is 145 cm³/mol. The topological polar surface area (TPSA) is 58.6 Å². The number of carbonyl (C=O) groups is 2. The van der Waals surface area contributed by atoms with E-state index in [2.05, 4.69) is 19.2 Å². The molecule has 0 radical (unpaired) electrons. The van der Waals surface area contributed by atoms with Gasteiger partial charge in [0.05, 0.1) is 0 Å². The van der Waals surface area contributed by atoms with Crippen molar-refractivity contribution in [1.82, 2.24) is 10.2 Å². The van der Waals surface area contributed by atoms with E-state index in [9.17, 15) is 9.59 Å². The Balaban J connectivity index is 1.85. The maximum Gasteiger partial charge on any atom is 0.261 e. The second-order valence-corrected chi connectivity index (χ2v) is 9.59. The van der Waals surface area contributed by atoms with Crippen molar-refractivity contribution in [3.05, 3.63) is 101 Å². The van der Waals surface area contributed by atoms with Crippen molar-refractivity contribution < 1.29 is 14.3 Å². The number of halogens is 1. The van der Waals surface area contributed by atoms with E-state index in [1.54, 1.807) is 17.0 Å². The van der Waals surface area contributed by atoms with Crippen molar-refractivity contribution in [3.63, 3.8) is 0 Å². The molecule has 6 heteroatoms. The highest BCUT2D eigenvalue weighted by Gasteiger charge is 2.30. The van der Waals surface area contributed by atoms with Crippen LogP contribution in [0.4, 0.5) is 0 Å². The van der Waals surface area contributed by atoms with E-state index in [0.29, 0.717) is 29.7 Å². The molecule has 0 aliphatic rings. The average Bonchev–Trinajstić information content (AvgIpc) is 2.89. The van der Waals surface area contributed by atoms with Crippen molar-refractivity contribution >= 4 is 23.4 Å². The number of rotatable bonds is 12. The van der Waals surface area contributed by atoms with Crippen molar-refractivity contribution in [3.8, 4) is 5.75 Å². The zero-order valence-electron chi connectivity index (χ0n) is 21.2. The molecule has 3 aromatic carbocycles. The Hall–Kier alpha value is -3.31. The molecule has 3 aromatic rings. The van der Waals surface area contributed by atoms with Crippen LogP contribution in [0.15, 0.2) is 78.9 Å². The molecule has 3 rings (SSSR count). The molecule has 0 unspecified atom stereocenters. The Morgan fingerprint density at radius 1 is 0.917 bits per heavy atom. The van der Waals surface area contributed by atoms with Crippen molar-refractivity contribution in [2.45, 2.75) is 52.1 Å². The molecule has 0 aliphatic carbocycles. The maximum atomic E-state index is 13.6. The van der Waals surface area contributed by atoms with Crippen LogP contribution in [-0.4, -0.2) is 35.9 Å². The number of ether oxygens (including phenoxy) is 1. The van der Waals surface area contributed by atoms with Gasteiger partial charge in [-0.05, 0) is 53.3 Å². The molecule has 1 atom stereocenters. The number of hydrogen-bond acceptors (Lipinski definition) is 3. The molecule has 0 saturated heterocycles. The molecular formula is C30H35ClN2O3. The van der Waals surface area contributed by atoms with Crippen molar-refractivity contribution in [1.29, 1.82) is 0 Å². The lowest BCUT2D eigenvalue weighted by Gasteiger charge is -2.31. The van der Waals surface area contributed by atoms with Crippen molar-refractivity contribution in [2.75, 3.05) is 13.2 Å². The molecule has 36 heavy (non-hydrogen) atoms. The van der Waals surface area contributed by atoms with Gasteiger partial charge >= 0.3 is 0 Å². The van der Waals surface area contributed by atoms with Crippen LogP contribution in [0.2, 0.25) is 5.02 Å². The molecule has 5 nitrogen and oxygen atoms in total. The predicted octanol–water partition coefficient (Wildman–Crippen LogP) is 6.01. The zero-order valence-corrected chi connectivity index (χ0v) is 22.0. The van der Waals surface area contributed by atoms with E-state index in [1.807, 2.05) is 73.7 Å². The molecule has 2 amide bonds. The monoisotopic (exact) mass is 506 g/mol. The molecule has 0 fully saturated rings. The van der Waals surface area contributed by atoms with Crippen LogP contribution in [0.1, 0.15) is 49.8 Å². The van der Waals surface area contributed by atoms with Crippen LogP contribution in [0, 0.1) is 0 Å². The van der Waals surface area contributed by atoms with E-state index in [4.69, 9.17) is 16.3 Å². The number of amides is 2. The van der Waals surface area contributed by atoms with Gasteiger partial charge in [-0.3, -0.25) is 9.59 Å². The second-order valence-electron chi connectivity index (χ2n) is 9.16. The summed E-state index contributed by atoms with van der Waals surface area (Å²) in [6.45, 7) is 6.91. The number of hydrogen-bond donors (Lipinski definition) is 1. The highest BCUT2D eigenvalue weighted by Crippen LogP contribution is 2.20. The third-order valence-electron chi connectivity index (χ3n) is 6.00. The Kier molecular flexibility index (Phi) is 10.4. The summed E-state index contributed by atoms with van der Waals surface area (Å²) in [4.78, 5) is 28.5. The minimum Gasteiger partial charge on any atom is -0.484 e. The number of nitrogens with one attached hydrogen (secondary N) is 1. The maximum absolute atomic E-state index is 13.6. The summed E-state index contributed by atoms with van der Waals surface area (Å²) in [5.41, 5.74) is 3.07. The summed E-state index contributed by atoms with van der Waals surface area (Å²) in [7, 11) is 0. The van der Waals surface area contributed by atoms with Crippen LogP contribution in [0.3, 0.4) is 0 Å². The standard InChI is InChI=1S/C30H35ClN2O3/c1-4-18-32-30(35)28(19-23-8-6-5-7-9-23)33(20-24-10-14-26(31)15-11-24)29(34)21-36-27-16-12-25(13-17-27)22(2)3/h5-17,22,28H,4,18-21H2,1-3H3,(H,32,35)/t28-/m1/s1.